The van der Waals surface area contributed by atoms with Gasteiger partial charge < -0.3 is 24.3 Å². The predicted octanol–water partition coefficient (Wildman–Crippen LogP) is 1.70. The number of nitrogens with zero attached hydrogens (tertiary/aromatic N) is 1. The molecule has 3 rings (SSSR count). The zero-order valence-corrected chi connectivity index (χ0v) is 15.7. The normalized spacial score (nSPS) is 23.5. The molecule has 0 spiro atoms. The SMILES string of the molecule is COc1cc(OC)c(C(=O)N[C@H]2COC[C@@H]2N2CCCCC2)cc1OC. The maximum Gasteiger partial charge on any atom is 0.255 e. The fraction of sp³-hybridized carbons (Fsp3) is 0.632. The van der Waals surface area contributed by atoms with E-state index in [9.17, 15) is 4.79 Å². The van der Waals surface area contributed by atoms with Crippen LogP contribution in [0.4, 0.5) is 0 Å². The number of benzene rings is 1. The van der Waals surface area contributed by atoms with E-state index >= 15 is 0 Å². The average Bonchev–Trinajstić information content (AvgIpc) is 3.15. The molecule has 7 heteroatoms. The van der Waals surface area contributed by atoms with Gasteiger partial charge in [-0.1, -0.05) is 6.42 Å². The van der Waals surface area contributed by atoms with E-state index in [2.05, 4.69) is 10.2 Å². The van der Waals surface area contributed by atoms with Gasteiger partial charge in [0.1, 0.15) is 5.75 Å². The van der Waals surface area contributed by atoms with Crippen molar-refractivity contribution in [1.29, 1.82) is 0 Å². The molecule has 2 saturated heterocycles. The molecule has 2 fully saturated rings. The number of rotatable bonds is 6. The molecule has 2 aliphatic rings. The number of piperidine rings is 1. The second-order valence-electron chi connectivity index (χ2n) is 6.69. The van der Waals surface area contributed by atoms with Crippen molar-refractivity contribution in [3.63, 3.8) is 0 Å². The van der Waals surface area contributed by atoms with E-state index < -0.39 is 0 Å². The first-order valence-electron chi connectivity index (χ1n) is 9.10. The maximum atomic E-state index is 12.9. The second-order valence-corrected chi connectivity index (χ2v) is 6.69. The number of hydrogen-bond acceptors (Lipinski definition) is 6. The molecule has 7 nitrogen and oxygen atoms in total. The summed E-state index contributed by atoms with van der Waals surface area (Å²) < 4.78 is 21.6. The molecule has 144 valence electrons. The Kier molecular flexibility index (Phi) is 6.21. The monoisotopic (exact) mass is 364 g/mol. The topological polar surface area (TPSA) is 69.3 Å². The molecule has 0 aliphatic carbocycles. The molecular formula is C19H28N2O5. The van der Waals surface area contributed by atoms with Crippen LogP contribution < -0.4 is 19.5 Å². The van der Waals surface area contributed by atoms with Crippen LogP contribution in [0.1, 0.15) is 29.6 Å². The first-order chi connectivity index (χ1) is 12.7. The summed E-state index contributed by atoms with van der Waals surface area (Å²) in [4.78, 5) is 15.4. The van der Waals surface area contributed by atoms with E-state index in [1.165, 1.54) is 26.4 Å². The zero-order valence-electron chi connectivity index (χ0n) is 15.7. The molecule has 0 radical (unpaired) electrons. The van der Waals surface area contributed by atoms with Gasteiger partial charge in [0.15, 0.2) is 11.5 Å². The van der Waals surface area contributed by atoms with Gasteiger partial charge in [0, 0.05) is 12.1 Å². The number of likely N-dealkylation sites (tertiary alicyclic amines) is 1. The van der Waals surface area contributed by atoms with Crippen molar-refractivity contribution in [2.45, 2.75) is 31.3 Å². The third-order valence-electron chi connectivity index (χ3n) is 5.18. The predicted molar refractivity (Wildman–Crippen MR) is 97.4 cm³/mol. The van der Waals surface area contributed by atoms with Crippen LogP contribution in [0.25, 0.3) is 0 Å². The third kappa shape index (κ3) is 3.88. The Bertz CT molecular complexity index is 631. The molecule has 1 amide bonds. The van der Waals surface area contributed by atoms with Crippen LogP contribution in [-0.4, -0.2) is 70.5 Å². The van der Waals surface area contributed by atoms with E-state index in [1.807, 2.05) is 0 Å². The highest BCUT2D eigenvalue weighted by molar-refractivity contribution is 5.98. The minimum Gasteiger partial charge on any atom is -0.496 e. The summed E-state index contributed by atoms with van der Waals surface area (Å²) in [6, 6.07) is 3.52. The summed E-state index contributed by atoms with van der Waals surface area (Å²) in [7, 11) is 4.63. The van der Waals surface area contributed by atoms with Crippen molar-refractivity contribution in [3.8, 4) is 17.2 Å². The van der Waals surface area contributed by atoms with E-state index in [-0.39, 0.29) is 18.0 Å². The molecule has 2 atom stereocenters. The number of nitrogens with one attached hydrogen (secondary N) is 1. The first kappa shape index (κ1) is 18.8. The quantitative estimate of drug-likeness (QED) is 0.829. The number of amides is 1. The van der Waals surface area contributed by atoms with Crippen molar-refractivity contribution < 1.29 is 23.7 Å². The minimum atomic E-state index is -0.194. The Labute approximate surface area is 154 Å². The van der Waals surface area contributed by atoms with Gasteiger partial charge in [0.2, 0.25) is 0 Å². The molecular weight excluding hydrogens is 336 g/mol. The van der Waals surface area contributed by atoms with Crippen LogP contribution >= 0.6 is 0 Å². The first-order valence-corrected chi connectivity index (χ1v) is 9.10. The van der Waals surface area contributed by atoms with Crippen LogP contribution in [0.2, 0.25) is 0 Å². The largest absolute Gasteiger partial charge is 0.496 e. The zero-order chi connectivity index (χ0) is 18.5. The van der Waals surface area contributed by atoms with Crippen LogP contribution in [0.15, 0.2) is 12.1 Å². The van der Waals surface area contributed by atoms with Crippen LogP contribution in [0.3, 0.4) is 0 Å². The van der Waals surface area contributed by atoms with Crippen molar-refractivity contribution in [2.75, 3.05) is 47.6 Å². The van der Waals surface area contributed by atoms with E-state index in [0.717, 1.165) is 13.1 Å². The fourth-order valence-electron chi connectivity index (χ4n) is 3.74. The van der Waals surface area contributed by atoms with Crippen LogP contribution in [0, 0.1) is 0 Å². The molecule has 1 aromatic carbocycles. The van der Waals surface area contributed by atoms with Crippen LogP contribution in [0.5, 0.6) is 17.2 Å². The molecule has 1 N–H and O–H groups in total. The molecule has 0 unspecified atom stereocenters. The Morgan fingerprint density at radius 1 is 1.00 bits per heavy atom. The van der Waals surface area contributed by atoms with E-state index in [0.29, 0.717) is 36.0 Å². The number of carbonyl (C=O) groups excluding carboxylic acids is 1. The summed E-state index contributed by atoms with van der Waals surface area (Å²) in [5.74, 6) is 1.28. The Balaban J connectivity index is 1.76. The highest BCUT2D eigenvalue weighted by Crippen LogP contribution is 2.34. The maximum absolute atomic E-state index is 12.9. The highest BCUT2D eigenvalue weighted by atomic mass is 16.5. The Hall–Kier alpha value is -1.99. The lowest BCUT2D eigenvalue weighted by Crippen LogP contribution is -2.52. The molecule has 2 aliphatic heterocycles. The standard InChI is InChI=1S/C19H28N2O5/c1-23-16-10-18(25-3)17(24-2)9-13(16)19(22)20-14-11-26-12-15(14)21-7-5-4-6-8-21/h9-10,14-15H,4-8,11-12H2,1-3H3,(H,20,22)/t14-,15-/m0/s1. The lowest BCUT2D eigenvalue weighted by atomic mass is 10.0. The second kappa shape index (κ2) is 8.60. The van der Waals surface area contributed by atoms with Crippen LogP contribution in [-0.2, 0) is 4.74 Å². The molecule has 2 heterocycles. The molecule has 1 aromatic rings. The van der Waals surface area contributed by atoms with E-state index in [1.54, 1.807) is 26.4 Å². The summed E-state index contributed by atoms with van der Waals surface area (Å²) in [6.07, 6.45) is 3.70. The van der Waals surface area contributed by atoms with Crippen molar-refractivity contribution in [3.05, 3.63) is 17.7 Å². The average molecular weight is 364 g/mol. The third-order valence-corrected chi connectivity index (χ3v) is 5.18. The summed E-state index contributed by atoms with van der Waals surface area (Å²) in [5.41, 5.74) is 0.425. The Morgan fingerprint density at radius 3 is 2.31 bits per heavy atom. The highest BCUT2D eigenvalue weighted by Gasteiger charge is 2.35. The number of carbonyl (C=O) groups is 1. The summed E-state index contributed by atoms with van der Waals surface area (Å²) >= 11 is 0. The van der Waals surface area contributed by atoms with Gasteiger partial charge in [-0.25, -0.2) is 0 Å². The summed E-state index contributed by atoms with van der Waals surface area (Å²) in [6.45, 7) is 3.33. The summed E-state index contributed by atoms with van der Waals surface area (Å²) in [5, 5.41) is 3.12. The molecule has 0 aromatic heterocycles. The molecule has 26 heavy (non-hydrogen) atoms. The lowest BCUT2D eigenvalue weighted by molar-refractivity contribution is 0.0896. The molecule has 0 bridgehead atoms. The fourth-order valence-corrected chi connectivity index (χ4v) is 3.74. The number of methoxy groups -OCH3 is 3. The number of hydrogen-bond donors (Lipinski definition) is 1. The van der Waals surface area contributed by atoms with Gasteiger partial charge in [-0.2, -0.15) is 0 Å². The number of ether oxygens (including phenoxy) is 4. The van der Waals surface area contributed by atoms with Crippen molar-refractivity contribution in [2.24, 2.45) is 0 Å². The minimum absolute atomic E-state index is 0.0293. The van der Waals surface area contributed by atoms with Gasteiger partial charge in [-0.05, 0) is 25.9 Å². The van der Waals surface area contributed by atoms with Gasteiger partial charge in [0.05, 0.1) is 52.2 Å². The van der Waals surface area contributed by atoms with Crippen molar-refractivity contribution in [1.82, 2.24) is 10.2 Å². The van der Waals surface area contributed by atoms with Crippen molar-refractivity contribution >= 4 is 5.91 Å². The van der Waals surface area contributed by atoms with Gasteiger partial charge in [0.25, 0.3) is 5.91 Å². The van der Waals surface area contributed by atoms with Gasteiger partial charge in [-0.15, -0.1) is 0 Å². The Morgan fingerprint density at radius 2 is 1.65 bits per heavy atom. The lowest BCUT2D eigenvalue weighted by Gasteiger charge is -2.34. The molecule has 0 saturated carbocycles. The van der Waals surface area contributed by atoms with E-state index in [4.69, 9.17) is 18.9 Å². The van der Waals surface area contributed by atoms with Gasteiger partial charge in [-0.3, -0.25) is 9.69 Å². The van der Waals surface area contributed by atoms with Gasteiger partial charge >= 0.3 is 0 Å². The smallest absolute Gasteiger partial charge is 0.255 e.